The van der Waals surface area contributed by atoms with Gasteiger partial charge in [-0.1, -0.05) is 11.6 Å². The van der Waals surface area contributed by atoms with Gasteiger partial charge in [-0.2, -0.15) is 0 Å². The Morgan fingerprint density at radius 3 is 2.95 bits per heavy atom. The van der Waals surface area contributed by atoms with Crippen molar-refractivity contribution in [2.75, 3.05) is 24.5 Å². The molecule has 1 N–H and O–H groups in total. The number of anilines is 1. The quantitative estimate of drug-likeness (QED) is 0.930. The van der Waals surface area contributed by atoms with Gasteiger partial charge in [-0.3, -0.25) is 4.79 Å². The smallest absolute Gasteiger partial charge is 0.251 e. The minimum absolute atomic E-state index is 0.0389. The summed E-state index contributed by atoms with van der Waals surface area (Å²) in [7, 11) is 0. The Labute approximate surface area is 139 Å². The fourth-order valence-corrected chi connectivity index (χ4v) is 3.52. The zero-order chi connectivity index (χ0) is 15.4. The van der Waals surface area contributed by atoms with E-state index in [0.717, 1.165) is 31.1 Å². The van der Waals surface area contributed by atoms with E-state index in [9.17, 15) is 4.79 Å². The Hall–Kier alpha value is -1.59. The minimum Gasteiger partial charge on any atom is -0.352 e. The van der Waals surface area contributed by atoms with Gasteiger partial charge in [-0.05, 0) is 43.0 Å². The van der Waals surface area contributed by atoms with Crippen LogP contribution in [0.4, 0.5) is 5.13 Å². The van der Waals surface area contributed by atoms with Gasteiger partial charge in [-0.25, -0.2) is 4.98 Å². The average molecular weight is 336 g/mol. The van der Waals surface area contributed by atoms with Crippen LogP contribution in [0.15, 0.2) is 35.8 Å². The number of amides is 1. The Balaban J connectivity index is 1.52. The first kappa shape index (κ1) is 15.3. The SMILES string of the molecule is O=C(NCC1CCCN(c2nccs2)C1)c1ccc(Cl)cc1. The van der Waals surface area contributed by atoms with Crippen LogP contribution in [0, 0.1) is 5.92 Å². The first-order valence-electron chi connectivity index (χ1n) is 7.40. The first-order chi connectivity index (χ1) is 10.7. The van der Waals surface area contributed by atoms with Crippen LogP contribution in [0.5, 0.6) is 0 Å². The molecule has 1 saturated heterocycles. The second-order valence-electron chi connectivity index (χ2n) is 5.49. The Morgan fingerprint density at radius 2 is 2.23 bits per heavy atom. The number of nitrogens with one attached hydrogen (secondary N) is 1. The van der Waals surface area contributed by atoms with E-state index >= 15 is 0 Å². The van der Waals surface area contributed by atoms with Crippen molar-refractivity contribution in [2.45, 2.75) is 12.8 Å². The van der Waals surface area contributed by atoms with E-state index in [4.69, 9.17) is 11.6 Å². The van der Waals surface area contributed by atoms with Gasteiger partial charge in [-0.15, -0.1) is 11.3 Å². The summed E-state index contributed by atoms with van der Waals surface area (Å²) in [6, 6.07) is 6.98. The maximum Gasteiger partial charge on any atom is 0.251 e. The molecule has 2 aromatic rings. The molecule has 2 heterocycles. The van der Waals surface area contributed by atoms with Gasteiger partial charge in [0.1, 0.15) is 0 Å². The molecule has 0 saturated carbocycles. The molecule has 1 aliphatic rings. The van der Waals surface area contributed by atoms with Crippen molar-refractivity contribution in [3.63, 3.8) is 0 Å². The summed E-state index contributed by atoms with van der Waals surface area (Å²) in [5, 5.41) is 6.75. The van der Waals surface area contributed by atoms with Crippen molar-refractivity contribution in [2.24, 2.45) is 5.92 Å². The van der Waals surface area contributed by atoms with Crippen molar-refractivity contribution in [3.05, 3.63) is 46.4 Å². The van der Waals surface area contributed by atoms with E-state index < -0.39 is 0 Å². The normalized spacial score (nSPS) is 18.2. The van der Waals surface area contributed by atoms with E-state index in [-0.39, 0.29) is 5.91 Å². The van der Waals surface area contributed by atoms with Crippen LogP contribution in [-0.4, -0.2) is 30.5 Å². The summed E-state index contributed by atoms with van der Waals surface area (Å²) < 4.78 is 0. The molecular weight excluding hydrogens is 318 g/mol. The molecule has 0 radical (unpaired) electrons. The molecule has 4 nitrogen and oxygen atoms in total. The van der Waals surface area contributed by atoms with E-state index in [1.165, 1.54) is 0 Å². The molecule has 116 valence electrons. The van der Waals surface area contributed by atoms with E-state index in [1.54, 1.807) is 35.6 Å². The van der Waals surface area contributed by atoms with Gasteiger partial charge in [0.25, 0.3) is 5.91 Å². The molecule has 1 aromatic carbocycles. The molecule has 6 heteroatoms. The number of carbonyl (C=O) groups is 1. The highest BCUT2D eigenvalue weighted by molar-refractivity contribution is 7.13. The summed E-state index contributed by atoms with van der Waals surface area (Å²) in [5.74, 6) is 0.428. The number of aromatic nitrogens is 1. The molecular formula is C16H18ClN3OS. The fraction of sp³-hybridized carbons (Fsp3) is 0.375. The molecule has 0 aliphatic carbocycles. The zero-order valence-electron chi connectivity index (χ0n) is 12.2. The maximum absolute atomic E-state index is 12.1. The largest absolute Gasteiger partial charge is 0.352 e. The number of piperidine rings is 1. The van der Waals surface area contributed by atoms with Crippen molar-refractivity contribution in [1.29, 1.82) is 0 Å². The van der Waals surface area contributed by atoms with Crippen LogP contribution in [0.3, 0.4) is 0 Å². The summed E-state index contributed by atoms with van der Waals surface area (Å²) in [6.45, 7) is 2.70. The molecule has 1 atom stereocenters. The number of hydrogen-bond acceptors (Lipinski definition) is 4. The predicted octanol–water partition coefficient (Wildman–Crippen LogP) is 3.44. The molecule has 1 amide bonds. The molecule has 1 aromatic heterocycles. The third-order valence-corrected chi connectivity index (χ3v) is 4.95. The molecule has 1 aliphatic heterocycles. The fourth-order valence-electron chi connectivity index (χ4n) is 2.72. The number of carbonyl (C=O) groups excluding carboxylic acids is 1. The lowest BCUT2D eigenvalue weighted by molar-refractivity contribution is 0.0945. The second-order valence-corrected chi connectivity index (χ2v) is 6.80. The number of nitrogens with zero attached hydrogens (tertiary/aromatic N) is 2. The number of halogens is 1. The van der Waals surface area contributed by atoms with E-state index in [1.807, 2.05) is 11.6 Å². The van der Waals surface area contributed by atoms with Gasteiger partial charge in [0.05, 0.1) is 0 Å². The van der Waals surface area contributed by atoms with Crippen LogP contribution < -0.4 is 10.2 Å². The summed E-state index contributed by atoms with van der Waals surface area (Å²) in [4.78, 5) is 18.8. The predicted molar refractivity (Wildman–Crippen MR) is 90.8 cm³/mol. The number of thiazole rings is 1. The summed E-state index contributed by atoms with van der Waals surface area (Å²) in [5.41, 5.74) is 0.650. The lowest BCUT2D eigenvalue weighted by Gasteiger charge is -2.32. The third-order valence-electron chi connectivity index (χ3n) is 3.87. The Bertz CT molecular complexity index is 615. The summed E-state index contributed by atoms with van der Waals surface area (Å²) >= 11 is 7.51. The monoisotopic (exact) mass is 335 g/mol. The second kappa shape index (κ2) is 7.11. The number of rotatable bonds is 4. The van der Waals surface area contributed by atoms with Crippen molar-refractivity contribution in [3.8, 4) is 0 Å². The minimum atomic E-state index is -0.0389. The van der Waals surface area contributed by atoms with Gasteiger partial charge < -0.3 is 10.2 Å². The highest BCUT2D eigenvalue weighted by Gasteiger charge is 2.22. The van der Waals surface area contributed by atoms with Crippen molar-refractivity contribution < 1.29 is 4.79 Å². The topological polar surface area (TPSA) is 45.2 Å². The molecule has 22 heavy (non-hydrogen) atoms. The van der Waals surface area contributed by atoms with Gasteiger partial charge in [0.2, 0.25) is 0 Å². The lowest BCUT2D eigenvalue weighted by Crippen LogP contribution is -2.41. The van der Waals surface area contributed by atoms with Gasteiger partial charge in [0.15, 0.2) is 5.13 Å². The van der Waals surface area contributed by atoms with Gasteiger partial charge >= 0.3 is 0 Å². The standard InChI is InChI=1S/C16H18ClN3OS/c17-14-5-3-13(4-6-14)15(21)19-10-12-2-1-8-20(11-12)16-18-7-9-22-16/h3-7,9,12H,1-2,8,10-11H2,(H,19,21). The zero-order valence-corrected chi connectivity index (χ0v) is 13.7. The van der Waals surface area contributed by atoms with Crippen LogP contribution >= 0.6 is 22.9 Å². The van der Waals surface area contributed by atoms with Crippen LogP contribution in [0.25, 0.3) is 0 Å². The van der Waals surface area contributed by atoms with Crippen LogP contribution in [0.1, 0.15) is 23.2 Å². The number of hydrogen-bond donors (Lipinski definition) is 1. The third kappa shape index (κ3) is 3.78. The first-order valence-corrected chi connectivity index (χ1v) is 8.66. The Morgan fingerprint density at radius 1 is 1.41 bits per heavy atom. The molecule has 3 rings (SSSR count). The van der Waals surface area contributed by atoms with Crippen molar-refractivity contribution >= 4 is 34.0 Å². The highest BCUT2D eigenvalue weighted by Crippen LogP contribution is 2.24. The highest BCUT2D eigenvalue weighted by atomic mass is 35.5. The van der Waals surface area contributed by atoms with Crippen LogP contribution in [-0.2, 0) is 0 Å². The number of benzene rings is 1. The average Bonchev–Trinajstić information content (AvgIpc) is 3.08. The molecule has 1 fully saturated rings. The van der Waals surface area contributed by atoms with Crippen LogP contribution in [0.2, 0.25) is 5.02 Å². The van der Waals surface area contributed by atoms with Gasteiger partial charge in [0, 0.05) is 41.8 Å². The maximum atomic E-state index is 12.1. The molecule has 1 unspecified atom stereocenters. The lowest BCUT2D eigenvalue weighted by atomic mass is 9.98. The van der Waals surface area contributed by atoms with E-state index in [0.29, 0.717) is 23.0 Å². The van der Waals surface area contributed by atoms with Crippen molar-refractivity contribution in [1.82, 2.24) is 10.3 Å². The summed E-state index contributed by atoms with van der Waals surface area (Å²) in [6.07, 6.45) is 4.12. The van der Waals surface area contributed by atoms with E-state index in [2.05, 4.69) is 15.2 Å². The molecule has 0 spiro atoms. The Kier molecular flexibility index (Phi) is 4.95. The molecule has 0 bridgehead atoms.